The van der Waals surface area contributed by atoms with Crippen LogP contribution in [0.1, 0.15) is 110 Å². The van der Waals surface area contributed by atoms with Crippen LogP contribution in [0, 0.1) is 0 Å². The smallest absolute Gasteiger partial charge is 0.261 e. The van der Waals surface area contributed by atoms with E-state index in [2.05, 4.69) is 6.92 Å². The number of aromatic nitrogens is 1. The van der Waals surface area contributed by atoms with Crippen molar-refractivity contribution in [1.82, 2.24) is 4.90 Å². The SMILES string of the molecule is CCCCCCCCCCCCCCOc1cc(C(=O)N(Cc2cccc[n+]2C)C(=O)c2ccccc2)ccc1OC.[I-]. The molecule has 0 aliphatic carbocycles. The predicted molar refractivity (Wildman–Crippen MR) is 168 cm³/mol. The maximum atomic E-state index is 13.8. The van der Waals surface area contributed by atoms with E-state index in [0.29, 0.717) is 29.2 Å². The van der Waals surface area contributed by atoms with Gasteiger partial charge in [-0.3, -0.25) is 14.5 Å². The summed E-state index contributed by atoms with van der Waals surface area (Å²) >= 11 is 0. The second-order valence-electron chi connectivity index (χ2n) is 11.0. The first-order valence-corrected chi connectivity index (χ1v) is 15.7. The molecule has 7 heteroatoms. The van der Waals surface area contributed by atoms with Crippen LogP contribution in [0.2, 0.25) is 0 Å². The van der Waals surface area contributed by atoms with Crippen molar-refractivity contribution in [1.29, 1.82) is 0 Å². The number of benzene rings is 2. The number of ether oxygens (including phenoxy) is 2. The topological polar surface area (TPSA) is 59.7 Å². The number of unbranched alkanes of at least 4 members (excludes halogenated alkanes) is 11. The van der Waals surface area contributed by atoms with Gasteiger partial charge in [-0.05, 0) is 36.8 Å². The van der Waals surface area contributed by atoms with E-state index in [4.69, 9.17) is 9.47 Å². The Morgan fingerprint density at radius 3 is 1.88 bits per heavy atom. The normalized spacial score (nSPS) is 10.6. The molecule has 234 valence electrons. The minimum Gasteiger partial charge on any atom is -1.00 e. The van der Waals surface area contributed by atoms with E-state index in [-0.39, 0.29) is 42.3 Å². The maximum Gasteiger partial charge on any atom is 0.261 e. The number of pyridine rings is 1. The van der Waals surface area contributed by atoms with Gasteiger partial charge in [-0.1, -0.05) is 102 Å². The van der Waals surface area contributed by atoms with Gasteiger partial charge in [0, 0.05) is 23.3 Å². The van der Waals surface area contributed by atoms with Gasteiger partial charge in [0.1, 0.15) is 13.6 Å². The van der Waals surface area contributed by atoms with E-state index in [0.717, 1.165) is 18.5 Å². The van der Waals surface area contributed by atoms with Crippen LogP contribution in [0.4, 0.5) is 0 Å². The predicted octanol–water partition coefficient (Wildman–Crippen LogP) is 5.09. The first-order chi connectivity index (χ1) is 20.5. The molecule has 6 nitrogen and oxygen atoms in total. The van der Waals surface area contributed by atoms with Crippen molar-refractivity contribution < 1.29 is 47.6 Å². The van der Waals surface area contributed by atoms with Gasteiger partial charge < -0.3 is 33.5 Å². The van der Waals surface area contributed by atoms with Crippen molar-refractivity contribution in [2.24, 2.45) is 7.05 Å². The fourth-order valence-corrected chi connectivity index (χ4v) is 5.06. The molecule has 3 rings (SSSR count). The summed E-state index contributed by atoms with van der Waals surface area (Å²) in [4.78, 5) is 28.6. The number of amides is 2. The minimum absolute atomic E-state index is 0. The number of halogens is 1. The average Bonchev–Trinajstić information content (AvgIpc) is 3.02. The Morgan fingerprint density at radius 1 is 0.698 bits per heavy atom. The summed E-state index contributed by atoms with van der Waals surface area (Å²) in [5.41, 5.74) is 1.68. The number of imide groups is 1. The molecular weight excluding hydrogens is 651 g/mol. The van der Waals surface area contributed by atoms with E-state index in [1.165, 1.54) is 69.1 Å². The van der Waals surface area contributed by atoms with Crippen molar-refractivity contribution in [2.45, 2.75) is 90.5 Å². The summed E-state index contributed by atoms with van der Waals surface area (Å²) in [6, 6.07) is 19.7. The highest BCUT2D eigenvalue weighted by molar-refractivity contribution is 6.10. The number of nitrogens with zero attached hydrogens (tertiary/aromatic N) is 2. The zero-order valence-electron chi connectivity index (χ0n) is 26.2. The number of hydrogen-bond donors (Lipinski definition) is 0. The highest BCUT2D eigenvalue weighted by Gasteiger charge is 2.27. The van der Waals surface area contributed by atoms with E-state index >= 15 is 0 Å². The molecule has 0 aliphatic heterocycles. The van der Waals surface area contributed by atoms with Crippen LogP contribution < -0.4 is 38.0 Å². The lowest BCUT2D eigenvalue weighted by Crippen LogP contribution is -3.00. The zero-order valence-corrected chi connectivity index (χ0v) is 28.4. The third-order valence-electron chi connectivity index (χ3n) is 7.66. The maximum absolute atomic E-state index is 13.8. The number of carbonyl (C=O) groups excluding carboxylic acids is 2. The first-order valence-electron chi connectivity index (χ1n) is 15.7. The molecule has 0 aliphatic rings. The molecule has 0 N–H and O–H groups in total. The standard InChI is InChI=1S/C36H49N2O4.HI/c1-4-5-6-7-8-9-10-11-12-13-14-20-27-42-34-28-31(24-25-33(34)41-3)36(40)38(29-32-23-18-19-26-37(32)2)35(39)30-21-16-15-17-22-30;/h15-19,21-26,28H,4-14,20,27,29H2,1-3H3;1H/q+1;/p-1. The minimum atomic E-state index is -0.384. The van der Waals surface area contributed by atoms with Gasteiger partial charge in [-0.2, -0.15) is 0 Å². The lowest BCUT2D eigenvalue weighted by molar-refractivity contribution is -0.679. The molecule has 2 aromatic carbocycles. The average molecular weight is 701 g/mol. The summed E-state index contributed by atoms with van der Waals surface area (Å²) < 4.78 is 13.5. The molecular formula is C36H49IN2O4. The number of hydrogen-bond acceptors (Lipinski definition) is 4. The van der Waals surface area contributed by atoms with Crippen LogP contribution in [0.15, 0.2) is 72.9 Å². The highest BCUT2D eigenvalue weighted by atomic mass is 127. The third-order valence-corrected chi connectivity index (χ3v) is 7.66. The summed E-state index contributed by atoms with van der Waals surface area (Å²) in [5.74, 6) is 0.356. The first kappa shape index (κ1) is 36.3. The summed E-state index contributed by atoms with van der Waals surface area (Å²) in [5, 5.41) is 0. The van der Waals surface area contributed by atoms with Crippen LogP contribution in [-0.4, -0.2) is 30.4 Å². The van der Waals surface area contributed by atoms with Crippen LogP contribution >= 0.6 is 0 Å². The van der Waals surface area contributed by atoms with E-state index < -0.39 is 0 Å². The molecule has 1 aromatic heterocycles. The van der Waals surface area contributed by atoms with Crippen molar-refractivity contribution >= 4 is 11.8 Å². The Hall–Kier alpha value is -2.94. The molecule has 0 radical (unpaired) electrons. The Morgan fingerprint density at radius 2 is 1.28 bits per heavy atom. The Labute approximate surface area is 275 Å². The summed E-state index contributed by atoms with van der Waals surface area (Å²) in [6.07, 6.45) is 17.3. The van der Waals surface area contributed by atoms with Gasteiger partial charge in [-0.25, -0.2) is 4.57 Å². The molecule has 0 atom stereocenters. The van der Waals surface area contributed by atoms with E-state index in [1.54, 1.807) is 49.6 Å². The molecule has 0 fully saturated rings. The monoisotopic (exact) mass is 700 g/mol. The molecule has 0 bridgehead atoms. The lowest BCUT2D eigenvalue weighted by Gasteiger charge is -2.21. The summed E-state index contributed by atoms with van der Waals surface area (Å²) in [7, 11) is 3.49. The van der Waals surface area contributed by atoms with E-state index in [9.17, 15) is 9.59 Å². The van der Waals surface area contributed by atoms with Crippen molar-refractivity contribution in [3.8, 4) is 11.5 Å². The Bertz CT molecular complexity index is 1230. The molecule has 3 aromatic rings. The number of methoxy groups -OCH3 is 1. The van der Waals surface area contributed by atoms with Crippen molar-refractivity contribution in [3.63, 3.8) is 0 Å². The van der Waals surface area contributed by atoms with Crippen molar-refractivity contribution in [3.05, 3.63) is 89.7 Å². The van der Waals surface area contributed by atoms with Crippen LogP contribution in [0.25, 0.3) is 0 Å². The van der Waals surface area contributed by atoms with Gasteiger partial charge in [0.25, 0.3) is 11.8 Å². The van der Waals surface area contributed by atoms with E-state index in [1.807, 2.05) is 42.1 Å². The van der Waals surface area contributed by atoms with Crippen LogP contribution in [-0.2, 0) is 13.6 Å². The molecule has 0 unspecified atom stereocenters. The molecule has 0 saturated carbocycles. The fraction of sp³-hybridized carbons (Fsp3) is 0.472. The highest BCUT2D eigenvalue weighted by Crippen LogP contribution is 2.29. The van der Waals surface area contributed by atoms with Crippen LogP contribution in [0.5, 0.6) is 11.5 Å². The second kappa shape index (κ2) is 20.9. The number of rotatable bonds is 19. The van der Waals surface area contributed by atoms with Gasteiger partial charge >= 0.3 is 0 Å². The molecule has 0 spiro atoms. The molecule has 1 heterocycles. The fourth-order valence-electron chi connectivity index (χ4n) is 5.06. The molecule has 43 heavy (non-hydrogen) atoms. The lowest BCUT2D eigenvalue weighted by atomic mass is 10.1. The van der Waals surface area contributed by atoms with Crippen LogP contribution in [0.3, 0.4) is 0 Å². The van der Waals surface area contributed by atoms with Gasteiger partial charge in [0.15, 0.2) is 17.7 Å². The van der Waals surface area contributed by atoms with Gasteiger partial charge in [-0.15, -0.1) is 0 Å². The Balaban J connectivity index is 0.00000645. The second-order valence-corrected chi connectivity index (χ2v) is 11.0. The number of aryl methyl sites for hydroxylation is 1. The molecule has 2 amide bonds. The third kappa shape index (κ3) is 12.3. The zero-order chi connectivity index (χ0) is 30.0. The van der Waals surface area contributed by atoms with Gasteiger partial charge in [0.2, 0.25) is 5.69 Å². The molecule has 0 saturated heterocycles. The van der Waals surface area contributed by atoms with Gasteiger partial charge in [0.05, 0.1) is 13.7 Å². The van der Waals surface area contributed by atoms with Crippen molar-refractivity contribution in [2.75, 3.05) is 13.7 Å². The summed E-state index contributed by atoms with van der Waals surface area (Å²) in [6.45, 7) is 2.96. The largest absolute Gasteiger partial charge is 1.00 e. The quantitative estimate of drug-likeness (QED) is 0.0758. The Kier molecular flexibility index (Phi) is 17.6. The number of carbonyl (C=O) groups is 2.